The first-order valence-corrected chi connectivity index (χ1v) is 7.89. The first kappa shape index (κ1) is 17.2. The van der Waals surface area contributed by atoms with E-state index in [-0.39, 0.29) is 17.0 Å². The first-order valence-electron chi connectivity index (χ1n) is 6.41. The molecule has 4 N–H and O–H groups in total. The van der Waals surface area contributed by atoms with E-state index in [9.17, 15) is 18.0 Å². The lowest BCUT2D eigenvalue weighted by Gasteiger charge is -2.11. The van der Waals surface area contributed by atoms with Gasteiger partial charge in [0, 0.05) is 25.2 Å². The van der Waals surface area contributed by atoms with Gasteiger partial charge in [-0.1, -0.05) is 6.92 Å². The average molecular weight is 317 g/mol. The molecular formula is C12H19N3O5S. The fourth-order valence-corrected chi connectivity index (χ4v) is 3.19. The predicted octanol–water partition coefficient (Wildman–Crippen LogP) is 0.139. The molecule has 118 valence electrons. The summed E-state index contributed by atoms with van der Waals surface area (Å²) in [6.45, 7) is 3.75. The Hall–Kier alpha value is -1.87. The van der Waals surface area contributed by atoms with Gasteiger partial charge in [0.15, 0.2) is 0 Å². The van der Waals surface area contributed by atoms with Gasteiger partial charge in [0.25, 0.3) is 0 Å². The molecule has 1 aromatic heterocycles. The minimum Gasteiger partial charge on any atom is -0.477 e. The van der Waals surface area contributed by atoms with Gasteiger partial charge >= 0.3 is 5.97 Å². The van der Waals surface area contributed by atoms with Crippen LogP contribution in [0, 0.1) is 0 Å². The van der Waals surface area contributed by atoms with Gasteiger partial charge in [0.2, 0.25) is 15.9 Å². The van der Waals surface area contributed by atoms with Crippen molar-refractivity contribution >= 4 is 21.9 Å². The molecule has 1 atom stereocenters. The molecule has 1 amide bonds. The van der Waals surface area contributed by atoms with E-state index in [1.807, 2.05) is 6.92 Å². The molecule has 9 heteroatoms. The Labute approximate surface area is 123 Å². The number of hydrogen-bond donors (Lipinski definition) is 3. The number of carboxylic acid groups (broad SMARTS) is 1. The van der Waals surface area contributed by atoms with Gasteiger partial charge in [-0.05, 0) is 19.4 Å². The van der Waals surface area contributed by atoms with E-state index < -0.39 is 27.9 Å². The largest absolute Gasteiger partial charge is 0.477 e. The van der Waals surface area contributed by atoms with E-state index in [1.54, 1.807) is 0 Å². The quantitative estimate of drug-likeness (QED) is 0.627. The Bertz CT molecular complexity index is 635. The first-order chi connectivity index (χ1) is 9.67. The second-order valence-electron chi connectivity index (χ2n) is 4.75. The highest BCUT2D eigenvalue weighted by atomic mass is 32.2. The molecule has 1 aromatic rings. The molecule has 0 aliphatic rings. The Morgan fingerprint density at radius 3 is 2.57 bits per heavy atom. The molecule has 0 aliphatic heterocycles. The summed E-state index contributed by atoms with van der Waals surface area (Å²) in [5.41, 5.74) is 4.91. The minimum atomic E-state index is -3.90. The summed E-state index contributed by atoms with van der Waals surface area (Å²) in [5, 5.41) is 9.07. The van der Waals surface area contributed by atoms with Crippen LogP contribution in [0.5, 0.6) is 0 Å². The maximum absolute atomic E-state index is 12.1. The molecule has 0 spiro atoms. The SMILES string of the molecule is CCCn1cc(S(=O)(=O)NC(C)CC(N)=O)cc1C(=O)O. The van der Waals surface area contributed by atoms with Crippen molar-refractivity contribution in [3.05, 3.63) is 18.0 Å². The third-order valence-corrected chi connectivity index (χ3v) is 4.29. The lowest BCUT2D eigenvalue weighted by molar-refractivity contribution is -0.118. The fourth-order valence-electron chi connectivity index (χ4n) is 1.91. The summed E-state index contributed by atoms with van der Waals surface area (Å²) in [7, 11) is -3.90. The van der Waals surface area contributed by atoms with Crippen LogP contribution in [0.15, 0.2) is 17.2 Å². The van der Waals surface area contributed by atoms with Crippen molar-refractivity contribution < 1.29 is 23.1 Å². The number of carboxylic acids is 1. The molecule has 0 bridgehead atoms. The standard InChI is InChI=1S/C12H19N3O5S/c1-3-4-15-7-9(6-10(15)12(17)18)21(19,20)14-8(2)5-11(13)16/h6-8,14H,3-5H2,1-2H3,(H2,13,16)(H,17,18). The number of carbonyl (C=O) groups is 2. The van der Waals surface area contributed by atoms with E-state index in [1.165, 1.54) is 17.7 Å². The van der Waals surface area contributed by atoms with Crippen molar-refractivity contribution in [2.45, 2.75) is 44.2 Å². The van der Waals surface area contributed by atoms with Crippen molar-refractivity contribution in [3.8, 4) is 0 Å². The molecule has 0 fully saturated rings. The zero-order valence-corrected chi connectivity index (χ0v) is 12.7. The third-order valence-electron chi connectivity index (χ3n) is 2.73. The summed E-state index contributed by atoms with van der Waals surface area (Å²) in [4.78, 5) is 21.7. The monoisotopic (exact) mass is 317 g/mol. The summed E-state index contributed by atoms with van der Waals surface area (Å²) in [6, 6.07) is 0.424. The van der Waals surface area contributed by atoms with Gasteiger partial charge in [-0.2, -0.15) is 0 Å². The zero-order valence-electron chi connectivity index (χ0n) is 11.9. The topological polar surface area (TPSA) is 131 Å². The predicted molar refractivity (Wildman–Crippen MR) is 75.3 cm³/mol. The Morgan fingerprint density at radius 1 is 1.48 bits per heavy atom. The number of carbonyl (C=O) groups excluding carboxylic acids is 1. The maximum Gasteiger partial charge on any atom is 0.352 e. The van der Waals surface area contributed by atoms with Crippen LogP contribution in [-0.4, -0.2) is 36.0 Å². The van der Waals surface area contributed by atoms with Gasteiger partial charge in [0.05, 0.1) is 0 Å². The second kappa shape index (κ2) is 6.72. The number of sulfonamides is 1. The number of amides is 1. The molecule has 1 heterocycles. The van der Waals surface area contributed by atoms with Crippen molar-refractivity contribution in [2.75, 3.05) is 0 Å². The smallest absolute Gasteiger partial charge is 0.352 e. The van der Waals surface area contributed by atoms with Gasteiger partial charge in [0.1, 0.15) is 10.6 Å². The van der Waals surface area contributed by atoms with Gasteiger partial charge in [-0.25, -0.2) is 17.9 Å². The summed E-state index contributed by atoms with van der Waals surface area (Å²) < 4.78 is 28.0. The van der Waals surface area contributed by atoms with Crippen LogP contribution in [0.4, 0.5) is 0 Å². The van der Waals surface area contributed by atoms with Crippen LogP contribution < -0.4 is 10.5 Å². The van der Waals surface area contributed by atoms with Crippen LogP contribution >= 0.6 is 0 Å². The van der Waals surface area contributed by atoms with Gasteiger partial charge in [-0.3, -0.25) is 4.79 Å². The normalized spacial score (nSPS) is 13.0. The van der Waals surface area contributed by atoms with Crippen LogP contribution in [0.3, 0.4) is 0 Å². The number of hydrogen-bond acceptors (Lipinski definition) is 4. The number of aryl methyl sites for hydroxylation is 1. The third kappa shape index (κ3) is 4.57. The summed E-state index contributed by atoms with van der Waals surface area (Å²) in [6.07, 6.45) is 1.80. The molecular weight excluding hydrogens is 298 g/mol. The Balaban J connectivity index is 3.05. The number of nitrogens with two attached hydrogens (primary N) is 1. The van der Waals surface area contributed by atoms with Crippen LogP contribution in [-0.2, 0) is 21.4 Å². The highest BCUT2D eigenvalue weighted by molar-refractivity contribution is 7.89. The molecule has 0 saturated heterocycles. The minimum absolute atomic E-state index is 0.0974. The fraction of sp³-hybridized carbons (Fsp3) is 0.500. The van der Waals surface area contributed by atoms with Crippen molar-refractivity contribution in [1.29, 1.82) is 0 Å². The number of nitrogens with one attached hydrogen (secondary N) is 1. The van der Waals surface area contributed by atoms with E-state index in [2.05, 4.69) is 4.72 Å². The van der Waals surface area contributed by atoms with Crippen LogP contribution in [0.25, 0.3) is 0 Å². The van der Waals surface area contributed by atoms with Crippen LogP contribution in [0.2, 0.25) is 0 Å². The lowest BCUT2D eigenvalue weighted by atomic mass is 10.2. The highest BCUT2D eigenvalue weighted by Gasteiger charge is 2.23. The van der Waals surface area contributed by atoms with E-state index in [4.69, 9.17) is 10.8 Å². The van der Waals surface area contributed by atoms with Crippen molar-refractivity contribution in [3.63, 3.8) is 0 Å². The number of nitrogens with zero attached hydrogens (tertiary/aromatic N) is 1. The Morgan fingerprint density at radius 2 is 2.10 bits per heavy atom. The molecule has 8 nitrogen and oxygen atoms in total. The highest BCUT2D eigenvalue weighted by Crippen LogP contribution is 2.16. The molecule has 0 aliphatic carbocycles. The lowest BCUT2D eigenvalue weighted by Crippen LogP contribution is -2.35. The second-order valence-corrected chi connectivity index (χ2v) is 6.47. The van der Waals surface area contributed by atoms with E-state index in [0.29, 0.717) is 13.0 Å². The zero-order chi connectivity index (χ0) is 16.2. The van der Waals surface area contributed by atoms with Crippen molar-refractivity contribution in [1.82, 2.24) is 9.29 Å². The van der Waals surface area contributed by atoms with Gasteiger partial charge < -0.3 is 15.4 Å². The number of primary amides is 1. The Kier molecular flexibility index (Phi) is 5.50. The molecule has 21 heavy (non-hydrogen) atoms. The summed E-state index contributed by atoms with van der Waals surface area (Å²) in [5.74, 6) is -1.82. The van der Waals surface area contributed by atoms with Gasteiger partial charge in [-0.15, -0.1) is 0 Å². The molecule has 1 rings (SSSR count). The van der Waals surface area contributed by atoms with E-state index >= 15 is 0 Å². The molecule has 1 unspecified atom stereocenters. The number of aromatic nitrogens is 1. The van der Waals surface area contributed by atoms with E-state index in [0.717, 1.165) is 6.07 Å². The average Bonchev–Trinajstić information content (AvgIpc) is 2.72. The summed E-state index contributed by atoms with van der Waals surface area (Å²) >= 11 is 0. The molecule has 0 radical (unpaired) electrons. The maximum atomic E-state index is 12.1. The molecule has 0 aromatic carbocycles. The van der Waals surface area contributed by atoms with Crippen LogP contribution in [0.1, 0.15) is 37.2 Å². The number of aromatic carboxylic acids is 1. The molecule has 0 saturated carbocycles. The van der Waals surface area contributed by atoms with Crippen molar-refractivity contribution in [2.24, 2.45) is 5.73 Å². The number of rotatable bonds is 8.